The predicted molar refractivity (Wildman–Crippen MR) is 118 cm³/mol. The maximum absolute atomic E-state index is 13.2. The van der Waals surface area contributed by atoms with E-state index in [1.54, 1.807) is 18.4 Å². The number of carbonyl (C=O) groups is 1. The van der Waals surface area contributed by atoms with Gasteiger partial charge < -0.3 is 9.64 Å². The number of rotatable bonds is 4. The van der Waals surface area contributed by atoms with Gasteiger partial charge in [-0.1, -0.05) is 32.9 Å². The Morgan fingerprint density at radius 3 is 2.55 bits per heavy atom. The van der Waals surface area contributed by atoms with Gasteiger partial charge in [0, 0.05) is 49.5 Å². The average Bonchev–Trinajstić information content (AvgIpc) is 3.35. The van der Waals surface area contributed by atoms with Crippen LogP contribution in [0.15, 0.2) is 41.1 Å². The Bertz CT molecular complexity index is 826. The standard InChI is InChI=1S/C24H32N2O2S/c1-24(2,3)23(27)26-15-20(18-10-12-29-16-18)21-14-25(11-9-22(21)26)13-17-5-7-19(28-4)8-6-17/h5-8,10,12,16,20-22H,9,11,13-15H2,1-4H3/t20-,21-,22-/m1/s1. The molecule has 2 saturated heterocycles. The number of fused-ring (bicyclic) bond motifs is 1. The molecule has 156 valence electrons. The summed E-state index contributed by atoms with van der Waals surface area (Å²) in [7, 11) is 1.70. The molecule has 0 N–H and O–H groups in total. The molecule has 29 heavy (non-hydrogen) atoms. The van der Waals surface area contributed by atoms with E-state index < -0.39 is 0 Å². The van der Waals surface area contributed by atoms with Crippen molar-refractivity contribution in [3.63, 3.8) is 0 Å². The van der Waals surface area contributed by atoms with E-state index in [0.29, 0.717) is 23.8 Å². The van der Waals surface area contributed by atoms with Crippen LogP contribution in [-0.2, 0) is 11.3 Å². The fourth-order valence-corrected chi connectivity index (χ4v) is 5.67. The van der Waals surface area contributed by atoms with Crippen LogP contribution in [0, 0.1) is 11.3 Å². The molecule has 4 nitrogen and oxygen atoms in total. The van der Waals surface area contributed by atoms with E-state index in [2.05, 4.69) is 38.8 Å². The Hall–Kier alpha value is -1.85. The van der Waals surface area contributed by atoms with Gasteiger partial charge in [-0.25, -0.2) is 0 Å². The largest absolute Gasteiger partial charge is 0.497 e. The van der Waals surface area contributed by atoms with Crippen LogP contribution in [0.3, 0.4) is 0 Å². The predicted octanol–water partition coefficient (Wildman–Crippen LogP) is 4.62. The third kappa shape index (κ3) is 4.22. The van der Waals surface area contributed by atoms with Crippen LogP contribution >= 0.6 is 11.3 Å². The molecule has 2 fully saturated rings. The maximum atomic E-state index is 13.2. The van der Waals surface area contributed by atoms with E-state index in [9.17, 15) is 4.79 Å². The van der Waals surface area contributed by atoms with E-state index in [1.165, 1.54) is 11.1 Å². The lowest BCUT2D eigenvalue weighted by Gasteiger charge is -2.40. The van der Waals surface area contributed by atoms with Crippen molar-refractivity contribution >= 4 is 17.2 Å². The van der Waals surface area contributed by atoms with Gasteiger partial charge >= 0.3 is 0 Å². The summed E-state index contributed by atoms with van der Waals surface area (Å²) in [5.74, 6) is 2.14. The molecule has 0 bridgehead atoms. The maximum Gasteiger partial charge on any atom is 0.228 e. The van der Waals surface area contributed by atoms with E-state index in [1.807, 2.05) is 32.9 Å². The molecule has 1 aromatic carbocycles. The molecule has 3 atom stereocenters. The average molecular weight is 413 g/mol. The molecule has 0 radical (unpaired) electrons. The van der Waals surface area contributed by atoms with Crippen LogP contribution < -0.4 is 4.74 Å². The lowest BCUT2D eigenvalue weighted by atomic mass is 9.82. The van der Waals surface area contributed by atoms with Gasteiger partial charge in [-0.15, -0.1) is 0 Å². The van der Waals surface area contributed by atoms with Gasteiger partial charge in [0.2, 0.25) is 5.91 Å². The zero-order valence-corrected chi connectivity index (χ0v) is 18.7. The molecule has 1 aromatic heterocycles. The number of hydrogen-bond acceptors (Lipinski definition) is 4. The number of nitrogens with zero attached hydrogens (tertiary/aromatic N) is 2. The highest BCUT2D eigenvalue weighted by molar-refractivity contribution is 7.08. The summed E-state index contributed by atoms with van der Waals surface area (Å²) in [6.45, 7) is 10.0. The molecule has 2 aliphatic heterocycles. The van der Waals surface area contributed by atoms with Gasteiger partial charge in [-0.2, -0.15) is 11.3 Å². The van der Waals surface area contributed by atoms with Gasteiger partial charge in [-0.05, 0) is 46.5 Å². The molecular weight excluding hydrogens is 380 g/mol. The topological polar surface area (TPSA) is 32.8 Å². The Balaban J connectivity index is 1.52. The van der Waals surface area contributed by atoms with E-state index in [4.69, 9.17) is 4.74 Å². The number of ether oxygens (including phenoxy) is 1. The molecule has 0 aliphatic carbocycles. The number of benzene rings is 1. The second-order valence-electron chi connectivity index (χ2n) is 9.47. The monoisotopic (exact) mass is 412 g/mol. The van der Waals surface area contributed by atoms with Crippen LogP contribution in [0.25, 0.3) is 0 Å². The molecule has 5 heteroatoms. The van der Waals surface area contributed by atoms with Crippen molar-refractivity contribution in [2.75, 3.05) is 26.7 Å². The third-order valence-electron chi connectivity index (χ3n) is 6.45. The Labute approximate surface area is 178 Å². The van der Waals surface area contributed by atoms with Crippen molar-refractivity contribution < 1.29 is 9.53 Å². The summed E-state index contributed by atoms with van der Waals surface area (Å²) in [5, 5.41) is 4.44. The van der Waals surface area contributed by atoms with E-state index in [-0.39, 0.29) is 5.41 Å². The molecule has 0 unspecified atom stereocenters. The van der Waals surface area contributed by atoms with Crippen LogP contribution in [0.5, 0.6) is 5.75 Å². The smallest absolute Gasteiger partial charge is 0.228 e. The lowest BCUT2D eigenvalue weighted by Crippen LogP contribution is -2.49. The van der Waals surface area contributed by atoms with E-state index in [0.717, 1.165) is 38.3 Å². The number of amides is 1. The Morgan fingerprint density at radius 2 is 1.93 bits per heavy atom. The van der Waals surface area contributed by atoms with Gasteiger partial charge in [-0.3, -0.25) is 9.69 Å². The number of piperidine rings is 1. The first-order chi connectivity index (χ1) is 13.9. The molecule has 4 rings (SSSR count). The highest BCUT2D eigenvalue weighted by Gasteiger charge is 2.48. The zero-order valence-electron chi connectivity index (χ0n) is 17.9. The van der Waals surface area contributed by atoms with Gasteiger partial charge in [0.05, 0.1) is 7.11 Å². The number of carbonyl (C=O) groups excluding carboxylic acids is 1. The first-order valence-corrected chi connectivity index (χ1v) is 11.5. The fourth-order valence-electron chi connectivity index (χ4n) is 4.94. The van der Waals surface area contributed by atoms with Gasteiger partial charge in [0.15, 0.2) is 0 Å². The van der Waals surface area contributed by atoms with Gasteiger partial charge in [0.25, 0.3) is 0 Å². The highest BCUT2D eigenvalue weighted by atomic mass is 32.1. The second kappa shape index (κ2) is 8.11. The molecule has 1 amide bonds. The van der Waals surface area contributed by atoms with Crippen molar-refractivity contribution in [2.45, 2.75) is 45.7 Å². The van der Waals surface area contributed by atoms with Crippen LogP contribution in [0.2, 0.25) is 0 Å². The third-order valence-corrected chi connectivity index (χ3v) is 7.16. The van der Waals surface area contributed by atoms with Crippen molar-refractivity contribution in [1.82, 2.24) is 9.80 Å². The molecule has 2 aromatic rings. The lowest BCUT2D eigenvalue weighted by molar-refractivity contribution is -0.141. The minimum Gasteiger partial charge on any atom is -0.497 e. The van der Waals surface area contributed by atoms with E-state index >= 15 is 0 Å². The second-order valence-corrected chi connectivity index (χ2v) is 10.3. The number of methoxy groups -OCH3 is 1. The number of thiophene rings is 1. The summed E-state index contributed by atoms with van der Waals surface area (Å²) in [5.41, 5.74) is 2.39. The highest BCUT2D eigenvalue weighted by Crippen LogP contribution is 2.43. The van der Waals surface area contributed by atoms with Crippen molar-refractivity contribution in [3.8, 4) is 5.75 Å². The van der Waals surface area contributed by atoms with Crippen LogP contribution in [0.4, 0.5) is 0 Å². The van der Waals surface area contributed by atoms with Crippen molar-refractivity contribution in [1.29, 1.82) is 0 Å². The normalized spacial score (nSPS) is 25.1. The first-order valence-electron chi connectivity index (χ1n) is 10.6. The SMILES string of the molecule is COc1ccc(CN2CC[C@@H]3[C@H](C2)[C@@H](c2ccsc2)CN3C(=O)C(C)(C)C)cc1. The molecule has 2 aliphatic rings. The minimum absolute atomic E-state index is 0.300. The quantitative estimate of drug-likeness (QED) is 0.735. The fraction of sp³-hybridized carbons (Fsp3) is 0.542. The zero-order chi connectivity index (χ0) is 20.6. The van der Waals surface area contributed by atoms with Crippen molar-refractivity contribution in [3.05, 3.63) is 52.2 Å². The van der Waals surface area contributed by atoms with Gasteiger partial charge in [0.1, 0.15) is 5.75 Å². The summed E-state index contributed by atoms with van der Waals surface area (Å²) >= 11 is 1.76. The van der Waals surface area contributed by atoms with Crippen LogP contribution in [0.1, 0.15) is 44.2 Å². The number of likely N-dealkylation sites (tertiary alicyclic amines) is 2. The molecular formula is C24H32N2O2S. The first kappa shape index (κ1) is 20.4. The molecule has 0 spiro atoms. The number of hydrogen-bond donors (Lipinski definition) is 0. The molecule has 3 heterocycles. The summed E-state index contributed by atoms with van der Waals surface area (Å²) in [6, 6.07) is 11.0. The summed E-state index contributed by atoms with van der Waals surface area (Å²) < 4.78 is 5.28. The summed E-state index contributed by atoms with van der Waals surface area (Å²) in [4.78, 5) is 17.9. The van der Waals surface area contributed by atoms with Crippen molar-refractivity contribution in [2.24, 2.45) is 11.3 Å². The van der Waals surface area contributed by atoms with Crippen LogP contribution in [-0.4, -0.2) is 48.5 Å². The Kier molecular flexibility index (Phi) is 5.71. The minimum atomic E-state index is -0.325. The molecule has 0 saturated carbocycles. The summed E-state index contributed by atoms with van der Waals surface area (Å²) in [6.07, 6.45) is 1.06. The Morgan fingerprint density at radius 1 is 1.17 bits per heavy atom.